The van der Waals surface area contributed by atoms with Crippen molar-refractivity contribution < 1.29 is 0 Å². The Hall–Kier alpha value is -1.18. The molecule has 0 bridgehead atoms. The Balaban J connectivity index is 3.30. The molecule has 10 heavy (non-hydrogen) atoms. The fourth-order valence-electron chi connectivity index (χ4n) is 0.850. The van der Waals surface area contributed by atoms with Crippen LogP contribution in [0.2, 0.25) is 0 Å². The zero-order valence-electron chi connectivity index (χ0n) is 5.79. The number of benzene rings is 1. The van der Waals surface area contributed by atoms with E-state index in [1.165, 1.54) is 0 Å². The lowest BCUT2D eigenvalue weighted by Gasteiger charge is -1.97. The van der Waals surface area contributed by atoms with E-state index in [-0.39, 0.29) is 0 Å². The number of aryl methyl sites for hydroxylation is 1. The first-order valence-corrected chi connectivity index (χ1v) is 3.00. The molecule has 0 aromatic heterocycles. The maximum atomic E-state index is 10.2. The quantitative estimate of drug-likeness (QED) is 0.543. The van der Waals surface area contributed by atoms with Gasteiger partial charge in [0.25, 0.3) is 0 Å². The predicted octanol–water partition coefficient (Wildman–Crippen LogP) is 2.58. The van der Waals surface area contributed by atoms with Crippen molar-refractivity contribution in [1.82, 2.24) is 0 Å². The molecular weight excluding hydrogens is 126 g/mol. The van der Waals surface area contributed by atoms with Gasteiger partial charge in [-0.05, 0) is 30.2 Å². The third-order valence-corrected chi connectivity index (χ3v) is 1.41. The summed E-state index contributed by atoms with van der Waals surface area (Å²) in [6, 6.07) is 5.46. The highest BCUT2D eigenvalue weighted by Gasteiger charge is 1.99. The van der Waals surface area contributed by atoms with E-state index < -0.39 is 0 Å². The van der Waals surface area contributed by atoms with Crippen LogP contribution in [0.1, 0.15) is 11.1 Å². The molecule has 1 radical (unpaired) electrons. The molecule has 0 aliphatic rings. The van der Waals surface area contributed by atoms with Gasteiger partial charge in [0.2, 0.25) is 0 Å². The van der Waals surface area contributed by atoms with E-state index in [9.17, 15) is 4.91 Å². The monoisotopic (exact) mass is 134 g/mol. The molecule has 1 aromatic carbocycles. The molecule has 0 unspecified atom stereocenters. The van der Waals surface area contributed by atoms with Crippen molar-refractivity contribution in [2.24, 2.45) is 5.18 Å². The molecule has 0 fully saturated rings. The molecule has 1 aromatic rings. The van der Waals surface area contributed by atoms with Gasteiger partial charge in [0, 0.05) is 0 Å². The van der Waals surface area contributed by atoms with Gasteiger partial charge >= 0.3 is 0 Å². The van der Waals surface area contributed by atoms with Gasteiger partial charge in [-0.2, -0.15) is 0 Å². The average Bonchev–Trinajstić information content (AvgIpc) is 1.88. The Bertz CT molecular complexity index is 235. The molecule has 0 spiro atoms. The normalized spacial score (nSPS) is 9.40. The third-order valence-electron chi connectivity index (χ3n) is 1.41. The first kappa shape index (κ1) is 6.93. The SMILES string of the molecule is [CH2]c1cccc(C)c1N=O. The van der Waals surface area contributed by atoms with E-state index in [1.807, 2.05) is 19.1 Å². The molecule has 0 saturated heterocycles. The Morgan fingerprint density at radius 3 is 2.60 bits per heavy atom. The summed E-state index contributed by atoms with van der Waals surface area (Å²) in [4.78, 5) is 10.2. The standard InChI is InChI=1S/C8H8NO/c1-6-4-3-5-7(2)8(6)9-10/h3-5H,1H2,2H3. The van der Waals surface area contributed by atoms with Crippen LogP contribution in [-0.2, 0) is 0 Å². The van der Waals surface area contributed by atoms with Crippen molar-refractivity contribution in [2.45, 2.75) is 6.92 Å². The van der Waals surface area contributed by atoms with Crippen LogP contribution in [0.3, 0.4) is 0 Å². The van der Waals surface area contributed by atoms with Crippen LogP contribution < -0.4 is 0 Å². The van der Waals surface area contributed by atoms with Crippen molar-refractivity contribution in [1.29, 1.82) is 0 Å². The second-order valence-electron chi connectivity index (χ2n) is 2.17. The minimum absolute atomic E-state index is 0.461. The maximum absolute atomic E-state index is 10.2. The second-order valence-corrected chi connectivity index (χ2v) is 2.17. The largest absolute Gasteiger partial charge is 0.145 e. The molecule has 2 heteroatoms. The number of nitroso groups, excluding NO2 is 1. The number of hydrogen-bond donors (Lipinski definition) is 0. The van der Waals surface area contributed by atoms with Crippen LogP contribution in [0.25, 0.3) is 0 Å². The van der Waals surface area contributed by atoms with Crippen molar-refractivity contribution >= 4 is 5.69 Å². The lowest BCUT2D eigenvalue weighted by atomic mass is 10.1. The fourth-order valence-corrected chi connectivity index (χ4v) is 0.850. The summed E-state index contributed by atoms with van der Waals surface area (Å²) >= 11 is 0. The molecule has 1 rings (SSSR count). The lowest BCUT2D eigenvalue weighted by Crippen LogP contribution is -1.76. The van der Waals surface area contributed by atoms with E-state index in [0.29, 0.717) is 11.3 Å². The average molecular weight is 134 g/mol. The van der Waals surface area contributed by atoms with Gasteiger partial charge in [0.15, 0.2) is 0 Å². The molecule has 0 atom stereocenters. The summed E-state index contributed by atoms with van der Waals surface area (Å²) in [6.07, 6.45) is 0. The van der Waals surface area contributed by atoms with Gasteiger partial charge in [-0.1, -0.05) is 18.2 Å². The van der Waals surface area contributed by atoms with Crippen molar-refractivity contribution in [3.05, 3.63) is 41.2 Å². The summed E-state index contributed by atoms with van der Waals surface area (Å²) in [5, 5.41) is 2.86. The Kier molecular flexibility index (Phi) is 1.81. The summed E-state index contributed by atoms with van der Waals surface area (Å²) in [7, 11) is 0. The van der Waals surface area contributed by atoms with Crippen molar-refractivity contribution in [3.63, 3.8) is 0 Å². The zero-order chi connectivity index (χ0) is 7.56. The first-order chi connectivity index (χ1) is 4.75. The van der Waals surface area contributed by atoms with Gasteiger partial charge in [0.05, 0.1) is 0 Å². The zero-order valence-corrected chi connectivity index (χ0v) is 5.79. The second kappa shape index (κ2) is 2.60. The Morgan fingerprint density at radius 1 is 1.50 bits per heavy atom. The maximum Gasteiger partial charge on any atom is 0.114 e. The number of nitrogens with zero attached hydrogens (tertiary/aromatic N) is 1. The van der Waals surface area contributed by atoms with E-state index in [0.717, 1.165) is 5.56 Å². The molecule has 0 N–H and O–H groups in total. The van der Waals surface area contributed by atoms with Gasteiger partial charge in [0.1, 0.15) is 5.69 Å². The number of hydrogen-bond acceptors (Lipinski definition) is 2. The topological polar surface area (TPSA) is 29.4 Å². The van der Waals surface area contributed by atoms with E-state index in [1.54, 1.807) is 6.07 Å². The van der Waals surface area contributed by atoms with E-state index in [2.05, 4.69) is 12.1 Å². The van der Waals surface area contributed by atoms with Gasteiger partial charge in [-0.15, -0.1) is 4.91 Å². The summed E-state index contributed by atoms with van der Waals surface area (Å²) < 4.78 is 0. The minimum Gasteiger partial charge on any atom is -0.145 e. The molecule has 0 aliphatic carbocycles. The highest BCUT2D eigenvalue weighted by atomic mass is 16.3. The summed E-state index contributed by atoms with van der Waals surface area (Å²) in [5.41, 5.74) is 2.03. The van der Waals surface area contributed by atoms with Crippen molar-refractivity contribution in [3.8, 4) is 0 Å². The fraction of sp³-hybridized carbons (Fsp3) is 0.125. The van der Waals surface area contributed by atoms with Crippen LogP contribution >= 0.6 is 0 Å². The van der Waals surface area contributed by atoms with E-state index in [4.69, 9.17) is 0 Å². The van der Waals surface area contributed by atoms with Crippen LogP contribution in [-0.4, -0.2) is 0 Å². The highest BCUT2D eigenvalue weighted by molar-refractivity contribution is 5.53. The van der Waals surface area contributed by atoms with Crippen LogP contribution in [0.15, 0.2) is 23.4 Å². The molecule has 0 amide bonds. The first-order valence-electron chi connectivity index (χ1n) is 3.00. The molecule has 0 saturated carbocycles. The van der Waals surface area contributed by atoms with Crippen LogP contribution in [0.5, 0.6) is 0 Å². The minimum atomic E-state index is 0.461. The predicted molar refractivity (Wildman–Crippen MR) is 41.1 cm³/mol. The molecule has 0 aliphatic heterocycles. The third kappa shape index (κ3) is 1.05. The van der Waals surface area contributed by atoms with Gasteiger partial charge < -0.3 is 0 Å². The molecular formula is C8H8NO. The number of rotatable bonds is 1. The van der Waals surface area contributed by atoms with Gasteiger partial charge in [-0.25, -0.2) is 0 Å². The molecule has 51 valence electrons. The summed E-state index contributed by atoms with van der Waals surface area (Å²) in [6.45, 7) is 5.50. The highest BCUT2D eigenvalue weighted by Crippen LogP contribution is 2.21. The molecule has 0 heterocycles. The lowest BCUT2D eigenvalue weighted by molar-refractivity contribution is 1.36. The van der Waals surface area contributed by atoms with Crippen LogP contribution in [0.4, 0.5) is 5.69 Å². The summed E-state index contributed by atoms with van der Waals surface area (Å²) in [5.74, 6) is 0. The smallest absolute Gasteiger partial charge is 0.114 e. The van der Waals surface area contributed by atoms with E-state index >= 15 is 0 Å². The van der Waals surface area contributed by atoms with Crippen LogP contribution in [0, 0.1) is 18.8 Å². The molecule has 2 nitrogen and oxygen atoms in total. The Morgan fingerprint density at radius 2 is 2.20 bits per heavy atom. The van der Waals surface area contributed by atoms with Crippen molar-refractivity contribution in [2.75, 3.05) is 0 Å². The van der Waals surface area contributed by atoms with Gasteiger partial charge in [-0.3, -0.25) is 0 Å². The Labute approximate surface area is 59.9 Å².